The first-order valence-electron chi connectivity index (χ1n) is 20.7. The molecule has 0 N–H and O–H groups in total. The van der Waals surface area contributed by atoms with Gasteiger partial charge in [-0.3, -0.25) is 0 Å². The van der Waals surface area contributed by atoms with E-state index in [4.69, 9.17) is 33.2 Å². The molecule has 0 spiro atoms. The Kier molecular flexibility index (Phi) is 15.9. The smallest absolute Gasteiger partial charge is 0.457 e. The summed E-state index contributed by atoms with van der Waals surface area (Å²) in [5.74, 6) is 5.11. The lowest BCUT2D eigenvalue weighted by Crippen LogP contribution is -2.58. The van der Waals surface area contributed by atoms with Crippen LogP contribution in [0.5, 0.6) is 0 Å². The van der Waals surface area contributed by atoms with Gasteiger partial charge in [0.2, 0.25) is 0 Å². The van der Waals surface area contributed by atoms with Crippen LogP contribution in [-0.2, 0) is 52.3 Å². The van der Waals surface area contributed by atoms with Gasteiger partial charge in [-0.2, -0.15) is 0 Å². The lowest BCUT2D eigenvalue weighted by molar-refractivity contribution is -0.206. The average Bonchev–Trinajstić information content (AvgIpc) is 3.68. The molecule has 0 saturated heterocycles. The molecule has 0 amide bonds. The molecule has 55 heavy (non-hydrogen) atoms. The molecule has 0 radical (unpaired) electrons. The van der Waals surface area contributed by atoms with Crippen LogP contribution < -0.4 is 0 Å². The predicted molar refractivity (Wildman–Crippen MR) is 205 cm³/mol. The maximum Gasteiger partial charge on any atom is 0.508 e. The molecule has 9 rings (SSSR count). The summed E-state index contributed by atoms with van der Waals surface area (Å²) in [6.45, 7) is 11.9. The molecule has 9 saturated carbocycles. The molecule has 0 aromatic carbocycles. The van der Waals surface area contributed by atoms with E-state index in [1.807, 2.05) is 0 Å². The van der Waals surface area contributed by atoms with Crippen molar-refractivity contribution in [3.8, 4) is 0 Å². The second-order valence-electron chi connectivity index (χ2n) is 19.0. The minimum absolute atomic E-state index is 0.0764. The average molecular weight is 781 g/mol. The van der Waals surface area contributed by atoms with Crippen molar-refractivity contribution in [1.29, 1.82) is 0 Å². The van der Waals surface area contributed by atoms with Gasteiger partial charge in [-0.15, -0.1) is 0 Å². The highest BCUT2D eigenvalue weighted by atomic mass is 16.7. The van der Waals surface area contributed by atoms with Crippen molar-refractivity contribution in [3.63, 3.8) is 0 Å². The Balaban J connectivity index is 0.000000167. The number of ether oxygens (including phenoxy) is 8. The topological polar surface area (TPSA) is 142 Å². The van der Waals surface area contributed by atoms with Crippen LogP contribution in [0.15, 0.2) is 0 Å². The first-order chi connectivity index (χ1) is 25.8. The van der Waals surface area contributed by atoms with E-state index in [-0.39, 0.29) is 54.5 Å². The Bertz CT molecular complexity index is 1260. The van der Waals surface area contributed by atoms with Crippen molar-refractivity contribution in [2.75, 3.05) is 48.3 Å². The summed E-state index contributed by atoms with van der Waals surface area (Å²) in [6, 6.07) is 0. The van der Waals surface area contributed by atoms with Crippen molar-refractivity contribution < 1.29 is 57.1 Å². The number of esters is 3. The molecular weight excluding hydrogens is 708 g/mol. The molecule has 9 aliphatic rings. The van der Waals surface area contributed by atoms with Crippen LogP contribution in [0.4, 0.5) is 4.79 Å². The Morgan fingerprint density at radius 3 is 1.25 bits per heavy atom. The molecule has 9 fully saturated rings. The van der Waals surface area contributed by atoms with Crippen molar-refractivity contribution in [3.05, 3.63) is 0 Å². The lowest BCUT2D eigenvalue weighted by atomic mass is 9.50. The summed E-state index contributed by atoms with van der Waals surface area (Å²) in [6.07, 6.45) is 16.8. The van der Waals surface area contributed by atoms with E-state index >= 15 is 0 Å². The summed E-state index contributed by atoms with van der Waals surface area (Å²) in [7, 11) is 5.87. The highest BCUT2D eigenvalue weighted by Crippen LogP contribution is 2.59. The third-order valence-electron chi connectivity index (χ3n) is 13.6. The maximum atomic E-state index is 11.7. The lowest BCUT2D eigenvalue weighted by Gasteiger charge is -2.59. The molecule has 0 heterocycles. The quantitative estimate of drug-likeness (QED) is 0.166. The van der Waals surface area contributed by atoms with E-state index in [9.17, 15) is 19.2 Å². The second kappa shape index (κ2) is 19.3. The third-order valence-corrected chi connectivity index (χ3v) is 13.6. The Hall–Kier alpha value is -2.44. The van der Waals surface area contributed by atoms with Crippen molar-refractivity contribution in [2.45, 2.75) is 154 Å². The zero-order chi connectivity index (χ0) is 40.6. The summed E-state index contributed by atoms with van der Waals surface area (Å²) in [4.78, 5) is 44.9. The number of rotatable bonds is 9. The number of methoxy groups -OCH3 is 4. The highest BCUT2D eigenvalue weighted by Gasteiger charge is 2.57. The van der Waals surface area contributed by atoms with E-state index < -0.39 is 11.8 Å². The maximum absolute atomic E-state index is 11.7. The molecule has 8 bridgehead atoms. The fraction of sp³-hybridized carbons (Fsp3) is 0.907. The summed E-state index contributed by atoms with van der Waals surface area (Å²) in [5.41, 5.74) is -1.06. The monoisotopic (exact) mass is 781 g/mol. The standard InChI is InChI=1S/C14H22O3.C12H20O3.C11H18O3.C6H12O3/c1-14(17-13(15)8-16-2)11-4-9-3-10(6-11)7-12(14)5-9;1-12(15-11(13)8-14-2)7-9-3-5-10(12)6-4-9;1-11(14-10(12)7-13-2)6-8-3-4-9(11)5-8;1-6(2,3)9-5(7)8-4/h9-12H,3-8H2,1-2H3;9-10H,3-8H2,1-2H3;8-9H,3-7H2,1-2H3;1-4H3. The molecule has 4 unspecified atom stereocenters. The predicted octanol–water partition coefficient (Wildman–Crippen LogP) is 7.86. The molecule has 316 valence electrons. The summed E-state index contributed by atoms with van der Waals surface area (Å²) >= 11 is 0. The number of hydrogen-bond donors (Lipinski definition) is 0. The van der Waals surface area contributed by atoms with Gasteiger partial charge in [0.25, 0.3) is 0 Å². The number of fused-ring (bicyclic) bond motifs is 5. The van der Waals surface area contributed by atoms with E-state index in [2.05, 4.69) is 25.5 Å². The van der Waals surface area contributed by atoms with Crippen LogP contribution in [0.1, 0.15) is 131 Å². The summed E-state index contributed by atoms with van der Waals surface area (Å²) < 4.78 is 40.3. The fourth-order valence-electron chi connectivity index (χ4n) is 11.3. The van der Waals surface area contributed by atoms with Crippen molar-refractivity contribution in [1.82, 2.24) is 0 Å². The molecule has 0 aromatic heterocycles. The van der Waals surface area contributed by atoms with Crippen molar-refractivity contribution in [2.24, 2.45) is 47.3 Å². The molecule has 0 aliphatic heterocycles. The van der Waals surface area contributed by atoms with E-state index in [0.29, 0.717) is 23.7 Å². The minimum atomic E-state index is -0.637. The third kappa shape index (κ3) is 12.3. The molecule has 0 aromatic rings. The van der Waals surface area contributed by atoms with E-state index in [1.165, 1.54) is 98.4 Å². The molecular formula is C43H72O12. The number of carbonyl (C=O) groups excluding carboxylic acids is 4. The van der Waals surface area contributed by atoms with Gasteiger partial charge in [-0.1, -0.05) is 0 Å². The highest BCUT2D eigenvalue weighted by molar-refractivity contribution is 5.72. The molecule has 9 aliphatic carbocycles. The van der Waals surface area contributed by atoms with Crippen LogP contribution in [0.3, 0.4) is 0 Å². The van der Waals surface area contributed by atoms with Gasteiger partial charge >= 0.3 is 24.1 Å². The molecule has 4 atom stereocenters. The second-order valence-corrected chi connectivity index (χ2v) is 19.0. The number of hydrogen-bond acceptors (Lipinski definition) is 12. The largest absolute Gasteiger partial charge is 0.508 e. The number of carbonyl (C=O) groups is 4. The van der Waals surface area contributed by atoms with Gasteiger partial charge in [0.15, 0.2) is 0 Å². The first-order valence-corrected chi connectivity index (χ1v) is 20.7. The van der Waals surface area contributed by atoms with Gasteiger partial charge in [-0.25, -0.2) is 19.2 Å². The SMILES string of the molecule is COC(=O)OC(C)(C)C.COCC(=O)OC1(C)C2CC3CC(C2)CC1C3.COCC(=O)OC1(C)CC2CCC1C2.COCC(=O)OC1(C)CC2CCC1CC2. The summed E-state index contributed by atoms with van der Waals surface area (Å²) in [5, 5.41) is 0. The van der Waals surface area contributed by atoms with Crippen LogP contribution in [0, 0.1) is 47.3 Å². The van der Waals surface area contributed by atoms with Crippen LogP contribution in [-0.4, -0.2) is 94.7 Å². The molecule has 12 nitrogen and oxygen atoms in total. The Morgan fingerprint density at radius 1 is 0.509 bits per heavy atom. The Morgan fingerprint density at radius 2 is 0.909 bits per heavy atom. The van der Waals surface area contributed by atoms with Gasteiger partial charge < -0.3 is 37.9 Å². The van der Waals surface area contributed by atoms with Gasteiger partial charge in [0.1, 0.15) is 42.2 Å². The van der Waals surface area contributed by atoms with Gasteiger partial charge in [0.05, 0.1) is 7.11 Å². The van der Waals surface area contributed by atoms with Gasteiger partial charge in [0, 0.05) is 21.3 Å². The van der Waals surface area contributed by atoms with Crippen LogP contribution in [0.25, 0.3) is 0 Å². The molecule has 12 heteroatoms. The normalized spacial score (nSPS) is 37.2. The zero-order valence-corrected chi connectivity index (χ0v) is 35.5. The van der Waals surface area contributed by atoms with E-state index in [0.717, 1.165) is 36.5 Å². The van der Waals surface area contributed by atoms with Crippen molar-refractivity contribution >= 4 is 24.1 Å². The first kappa shape index (κ1) is 45.3. The Labute approximate surface area is 330 Å². The van der Waals surface area contributed by atoms with Gasteiger partial charge in [-0.05, 0) is 179 Å². The van der Waals surface area contributed by atoms with Crippen LogP contribution >= 0.6 is 0 Å². The van der Waals surface area contributed by atoms with E-state index in [1.54, 1.807) is 27.9 Å². The minimum Gasteiger partial charge on any atom is -0.457 e. The van der Waals surface area contributed by atoms with Crippen LogP contribution in [0.2, 0.25) is 0 Å². The zero-order valence-electron chi connectivity index (χ0n) is 35.5. The fourth-order valence-corrected chi connectivity index (χ4v) is 11.3.